The van der Waals surface area contributed by atoms with E-state index in [0.717, 1.165) is 17.1 Å². The molecule has 13 rings (SSSR count). The molecule has 3 aromatic heterocycles. The minimum atomic E-state index is -0.210. The third-order valence-corrected chi connectivity index (χ3v) is 15.0. The van der Waals surface area contributed by atoms with Gasteiger partial charge in [-0.15, -0.1) is 11.3 Å². The molecule has 308 valence electrons. The third kappa shape index (κ3) is 5.95. The molecule has 0 unspecified atom stereocenters. The Labute approximate surface area is 382 Å². The number of thiophene rings is 1. The van der Waals surface area contributed by atoms with Gasteiger partial charge in [-0.05, 0) is 136 Å². The third-order valence-electron chi connectivity index (χ3n) is 13.8. The van der Waals surface area contributed by atoms with E-state index in [-0.39, 0.29) is 5.41 Å². The van der Waals surface area contributed by atoms with Crippen molar-refractivity contribution in [2.24, 2.45) is 0 Å². The van der Waals surface area contributed by atoms with Gasteiger partial charge < -0.3 is 14.0 Å². The normalized spacial score (nSPS) is 12.9. The van der Waals surface area contributed by atoms with E-state index in [4.69, 9.17) is 0 Å². The zero-order valence-corrected chi connectivity index (χ0v) is 36.9. The second kappa shape index (κ2) is 14.6. The molecule has 1 aliphatic rings. The van der Waals surface area contributed by atoms with Crippen LogP contribution in [0.4, 0.5) is 17.1 Å². The lowest BCUT2D eigenvalue weighted by molar-refractivity contribution is 0.660. The largest absolute Gasteiger partial charge is 0.310 e. The van der Waals surface area contributed by atoms with Crippen molar-refractivity contribution in [1.29, 1.82) is 0 Å². The first-order valence-corrected chi connectivity index (χ1v) is 23.2. The highest BCUT2D eigenvalue weighted by atomic mass is 32.1. The van der Waals surface area contributed by atoms with Crippen molar-refractivity contribution in [3.05, 3.63) is 236 Å². The highest BCUT2D eigenvalue weighted by Crippen LogP contribution is 2.52. The molecule has 0 spiro atoms. The fourth-order valence-corrected chi connectivity index (χ4v) is 11.7. The first-order valence-electron chi connectivity index (χ1n) is 22.4. The highest BCUT2D eigenvalue weighted by Gasteiger charge is 2.36. The fourth-order valence-electron chi connectivity index (χ4n) is 10.5. The topological polar surface area (TPSA) is 13.1 Å². The molecular weight excluding hydrogens is 807 g/mol. The Hall–Kier alpha value is -7.92. The van der Waals surface area contributed by atoms with E-state index in [9.17, 15) is 0 Å². The Kier molecular flexibility index (Phi) is 8.43. The molecule has 12 aromatic rings. The molecule has 4 heteroatoms. The first kappa shape index (κ1) is 37.6. The number of hydrogen-bond donors (Lipinski definition) is 0. The number of hydrogen-bond acceptors (Lipinski definition) is 2. The van der Waals surface area contributed by atoms with Gasteiger partial charge in [0, 0.05) is 66.3 Å². The van der Waals surface area contributed by atoms with Gasteiger partial charge in [0.05, 0.1) is 11.0 Å². The number of anilines is 3. The molecule has 65 heavy (non-hydrogen) atoms. The van der Waals surface area contributed by atoms with E-state index in [0.29, 0.717) is 0 Å². The molecule has 0 amide bonds. The van der Waals surface area contributed by atoms with Gasteiger partial charge in [0.25, 0.3) is 0 Å². The van der Waals surface area contributed by atoms with Gasteiger partial charge in [0.15, 0.2) is 0 Å². The van der Waals surface area contributed by atoms with Crippen LogP contribution >= 0.6 is 11.3 Å². The van der Waals surface area contributed by atoms with Crippen molar-refractivity contribution in [2.75, 3.05) is 4.90 Å². The average Bonchev–Trinajstić information content (AvgIpc) is 4.10. The van der Waals surface area contributed by atoms with Crippen LogP contribution in [0.25, 0.3) is 86.9 Å². The molecule has 1 aliphatic carbocycles. The van der Waals surface area contributed by atoms with Crippen LogP contribution in [0.5, 0.6) is 0 Å². The second-order valence-corrected chi connectivity index (χ2v) is 18.8. The molecule has 0 N–H and O–H groups in total. The van der Waals surface area contributed by atoms with Gasteiger partial charge in [0.1, 0.15) is 4.83 Å². The van der Waals surface area contributed by atoms with Gasteiger partial charge >= 0.3 is 0 Å². The van der Waals surface area contributed by atoms with Crippen LogP contribution in [0.1, 0.15) is 25.0 Å². The predicted molar refractivity (Wildman–Crippen MR) is 276 cm³/mol. The molecule has 0 aliphatic heterocycles. The van der Waals surface area contributed by atoms with Crippen LogP contribution in [-0.2, 0) is 5.41 Å². The Morgan fingerprint density at radius 3 is 1.72 bits per heavy atom. The summed E-state index contributed by atoms with van der Waals surface area (Å²) >= 11 is 1.87. The van der Waals surface area contributed by atoms with Crippen molar-refractivity contribution < 1.29 is 0 Å². The summed E-state index contributed by atoms with van der Waals surface area (Å²) in [5, 5.41) is 5.15. The zero-order chi connectivity index (χ0) is 43.2. The van der Waals surface area contributed by atoms with E-state index in [1.54, 1.807) is 0 Å². The molecule has 9 aromatic carbocycles. The lowest BCUT2D eigenvalue weighted by atomic mass is 9.82. The van der Waals surface area contributed by atoms with Crippen molar-refractivity contribution >= 4 is 70.5 Å². The standard InChI is InChI=1S/C61H43N3S/c1-61(2)55-38-47(62-36-35-53-52-18-10-12-20-59(52)65-60(53)62)30-32-49(55)50-33-31-48(39-56(50)61)63(45-26-21-41(22-27-45)40-13-5-3-6-14-40)46-28-23-42(24-29-46)43-25-34-58-54(37-43)51-17-9-11-19-57(51)64(58)44-15-7-4-8-16-44/h3-39H,1-2H3. The van der Waals surface area contributed by atoms with E-state index in [2.05, 4.69) is 252 Å². The number of nitrogens with zero attached hydrogens (tertiary/aromatic N) is 3. The van der Waals surface area contributed by atoms with E-state index in [1.807, 2.05) is 11.3 Å². The fraction of sp³-hybridized carbons (Fsp3) is 0.0492. The molecule has 0 bridgehead atoms. The summed E-state index contributed by atoms with van der Waals surface area (Å²) in [5.74, 6) is 0. The number of fused-ring (bicyclic) bond motifs is 9. The molecular formula is C61H43N3S. The summed E-state index contributed by atoms with van der Waals surface area (Å²) in [6.07, 6.45) is 2.23. The minimum Gasteiger partial charge on any atom is -0.310 e. The molecule has 3 heterocycles. The van der Waals surface area contributed by atoms with E-state index < -0.39 is 0 Å². The number of rotatable bonds is 7. The van der Waals surface area contributed by atoms with Crippen LogP contribution in [0.15, 0.2) is 225 Å². The van der Waals surface area contributed by atoms with Crippen molar-refractivity contribution in [1.82, 2.24) is 9.13 Å². The number of para-hydroxylation sites is 2. The summed E-state index contributed by atoms with van der Waals surface area (Å²) in [6, 6.07) is 80.2. The van der Waals surface area contributed by atoms with Crippen molar-refractivity contribution in [3.63, 3.8) is 0 Å². The summed E-state index contributed by atoms with van der Waals surface area (Å²) in [6.45, 7) is 4.77. The molecule has 0 saturated carbocycles. The summed E-state index contributed by atoms with van der Waals surface area (Å²) in [5.41, 5.74) is 18.0. The molecule has 0 fully saturated rings. The van der Waals surface area contributed by atoms with Crippen molar-refractivity contribution in [2.45, 2.75) is 19.3 Å². The Morgan fingerprint density at radius 1 is 0.400 bits per heavy atom. The summed E-state index contributed by atoms with van der Waals surface area (Å²) < 4.78 is 6.07. The number of aromatic nitrogens is 2. The van der Waals surface area contributed by atoms with Crippen LogP contribution in [0, 0.1) is 0 Å². The maximum atomic E-state index is 2.43. The number of benzene rings is 9. The smallest absolute Gasteiger partial charge is 0.108 e. The lowest BCUT2D eigenvalue weighted by Gasteiger charge is -2.28. The van der Waals surface area contributed by atoms with E-state index >= 15 is 0 Å². The predicted octanol–water partition coefficient (Wildman–Crippen LogP) is 17.1. The Morgan fingerprint density at radius 2 is 0.969 bits per heavy atom. The average molecular weight is 850 g/mol. The SMILES string of the molecule is CC1(C)c2cc(N(c3ccc(-c4ccccc4)cc3)c3ccc(-c4ccc5c(c4)c4ccccc4n5-c4ccccc4)cc3)ccc2-c2ccc(-n3ccc4c5ccccc5sc43)cc21. The molecule has 0 atom stereocenters. The zero-order valence-electron chi connectivity index (χ0n) is 36.1. The first-order chi connectivity index (χ1) is 32.0. The van der Waals surface area contributed by atoms with Gasteiger partial charge in [-0.3, -0.25) is 0 Å². The van der Waals surface area contributed by atoms with Crippen LogP contribution in [0.3, 0.4) is 0 Å². The van der Waals surface area contributed by atoms with Crippen molar-refractivity contribution in [3.8, 4) is 44.8 Å². The quantitative estimate of drug-likeness (QED) is 0.156. The van der Waals surface area contributed by atoms with Gasteiger partial charge in [-0.1, -0.05) is 141 Å². The van der Waals surface area contributed by atoms with Gasteiger partial charge in [0.2, 0.25) is 0 Å². The highest BCUT2D eigenvalue weighted by molar-refractivity contribution is 7.25. The monoisotopic (exact) mass is 849 g/mol. The summed E-state index contributed by atoms with van der Waals surface area (Å²) in [4.78, 5) is 3.70. The Balaban J connectivity index is 0.891. The second-order valence-electron chi connectivity index (χ2n) is 17.8. The lowest BCUT2D eigenvalue weighted by Crippen LogP contribution is -2.17. The van der Waals surface area contributed by atoms with Crippen LogP contribution in [-0.4, -0.2) is 9.13 Å². The van der Waals surface area contributed by atoms with E-state index in [1.165, 1.54) is 98.0 Å². The van der Waals surface area contributed by atoms with Gasteiger partial charge in [-0.25, -0.2) is 0 Å². The van der Waals surface area contributed by atoms with Gasteiger partial charge in [-0.2, -0.15) is 0 Å². The molecule has 0 saturated heterocycles. The van der Waals surface area contributed by atoms with Crippen LogP contribution < -0.4 is 4.90 Å². The van der Waals surface area contributed by atoms with Crippen LogP contribution in [0.2, 0.25) is 0 Å². The summed E-state index contributed by atoms with van der Waals surface area (Å²) in [7, 11) is 0. The maximum absolute atomic E-state index is 2.43. The molecule has 3 nitrogen and oxygen atoms in total. The minimum absolute atomic E-state index is 0.210. The maximum Gasteiger partial charge on any atom is 0.108 e. The molecule has 0 radical (unpaired) electrons. The Bertz CT molecular complexity index is 3780.